The number of hydrogen-bond donors (Lipinski definition) is 1. The summed E-state index contributed by atoms with van der Waals surface area (Å²) in [7, 11) is 0. The fourth-order valence-corrected chi connectivity index (χ4v) is 3.34. The predicted molar refractivity (Wildman–Crippen MR) is 69.8 cm³/mol. The second-order valence-corrected chi connectivity index (χ2v) is 6.59. The summed E-state index contributed by atoms with van der Waals surface area (Å²) in [6, 6.07) is 0.680. The van der Waals surface area contributed by atoms with E-state index in [2.05, 4.69) is 31.1 Å². The molecule has 0 bridgehead atoms. The van der Waals surface area contributed by atoms with Crippen LogP contribution in [0.2, 0.25) is 0 Å². The third-order valence-electron chi connectivity index (χ3n) is 3.68. The first kappa shape index (κ1) is 12.1. The lowest BCUT2D eigenvalue weighted by atomic mass is 9.87. The van der Waals surface area contributed by atoms with E-state index in [1.165, 1.54) is 29.1 Å². The summed E-state index contributed by atoms with van der Waals surface area (Å²) in [5, 5.41) is 4.95. The SMILES string of the molecule is CCc1ncc(CNC2CCCC2(C)C)s1. The zero-order valence-electron chi connectivity index (χ0n) is 10.5. The van der Waals surface area contributed by atoms with E-state index in [9.17, 15) is 0 Å². The number of nitrogens with one attached hydrogen (secondary N) is 1. The van der Waals surface area contributed by atoms with Crippen molar-refractivity contribution in [3.05, 3.63) is 16.1 Å². The van der Waals surface area contributed by atoms with Crippen LogP contribution in [0.15, 0.2) is 6.20 Å². The molecule has 2 rings (SSSR count). The third-order valence-corrected chi connectivity index (χ3v) is 4.83. The van der Waals surface area contributed by atoms with Gasteiger partial charge in [0.2, 0.25) is 0 Å². The Bertz CT molecular complexity index is 343. The number of hydrogen-bond acceptors (Lipinski definition) is 3. The monoisotopic (exact) mass is 238 g/mol. The molecular weight excluding hydrogens is 216 g/mol. The molecule has 1 unspecified atom stereocenters. The van der Waals surface area contributed by atoms with E-state index >= 15 is 0 Å². The van der Waals surface area contributed by atoms with Crippen molar-refractivity contribution in [1.82, 2.24) is 10.3 Å². The van der Waals surface area contributed by atoms with E-state index in [0.29, 0.717) is 11.5 Å². The van der Waals surface area contributed by atoms with Gasteiger partial charge in [-0.25, -0.2) is 4.98 Å². The van der Waals surface area contributed by atoms with Crippen LogP contribution in [0, 0.1) is 5.41 Å². The molecule has 90 valence electrons. The van der Waals surface area contributed by atoms with E-state index < -0.39 is 0 Å². The summed E-state index contributed by atoms with van der Waals surface area (Å²) in [4.78, 5) is 5.77. The molecule has 2 nitrogen and oxygen atoms in total. The Hall–Kier alpha value is -0.410. The molecule has 1 aromatic heterocycles. The number of thiazole rings is 1. The van der Waals surface area contributed by atoms with Crippen LogP contribution in [0.4, 0.5) is 0 Å². The normalized spacial score (nSPS) is 23.8. The van der Waals surface area contributed by atoms with Crippen LogP contribution >= 0.6 is 11.3 Å². The van der Waals surface area contributed by atoms with Gasteiger partial charge in [-0.15, -0.1) is 11.3 Å². The summed E-state index contributed by atoms with van der Waals surface area (Å²) >= 11 is 1.84. The van der Waals surface area contributed by atoms with Crippen molar-refractivity contribution >= 4 is 11.3 Å². The Kier molecular flexibility index (Phi) is 3.65. The first-order chi connectivity index (χ1) is 7.62. The standard InChI is InChI=1S/C13H22N2S/c1-4-12-15-9-10(16-12)8-14-11-6-5-7-13(11,2)3/h9,11,14H,4-8H2,1-3H3. The molecule has 1 aliphatic carbocycles. The van der Waals surface area contributed by atoms with Crippen molar-refractivity contribution in [2.45, 2.75) is 59.0 Å². The van der Waals surface area contributed by atoms with E-state index in [-0.39, 0.29) is 0 Å². The minimum Gasteiger partial charge on any atom is -0.309 e. The summed E-state index contributed by atoms with van der Waals surface area (Å²) in [6.07, 6.45) is 7.13. The fraction of sp³-hybridized carbons (Fsp3) is 0.769. The number of aromatic nitrogens is 1. The quantitative estimate of drug-likeness (QED) is 0.870. The van der Waals surface area contributed by atoms with E-state index in [1.54, 1.807) is 0 Å². The summed E-state index contributed by atoms with van der Waals surface area (Å²) in [6.45, 7) is 7.91. The lowest BCUT2D eigenvalue weighted by Crippen LogP contribution is -2.36. The summed E-state index contributed by atoms with van der Waals surface area (Å²) < 4.78 is 0. The van der Waals surface area contributed by atoms with Crippen LogP contribution in [0.5, 0.6) is 0 Å². The van der Waals surface area contributed by atoms with Crippen LogP contribution in [0.3, 0.4) is 0 Å². The third kappa shape index (κ3) is 2.64. The molecule has 1 heterocycles. The molecule has 1 aromatic rings. The number of rotatable bonds is 4. The van der Waals surface area contributed by atoms with Gasteiger partial charge in [0.25, 0.3) is 0 Å². The highest BCUT2D eigenvalue weighted by Gasteiger charge is 2.33. The maximum absolute atomic E-state index is 4.39. The molecule has 0 amide bonds. The molecule has 1 saturated carbocycles. The van der Waals surface area contributed by atoms with E-state index in [4.69, 9.17) is 0 Å². The van der Waals surface area contributed by atoms with Crippen LogP contribution in [-0.4, -0.2) is 11.0 Å². The van der Waals surface area contributed by atoms with E-state index in [0.717, 1.165) is 13.0 Å². The predicted octanol–water partition coefficient (Wildman–Crippen LogP) is 3.37. The topological polar surface area (TPSA) is 24.9 Å². The molecule has 0 aliphatic heterocycles. The van der Waals surface area contributed by atoms with Gasteiger partial charge < -0.3 is 5.32 Å². The molecule has 0 aromatic carbocycles. The van der Waals surface area contributed by atoms with Crippen LogP contribution in [0.1, 0.15) is 49.9 Å². The average Bonchev–Trinajstić information content (AvgIpc) is 2.81. The van der Waals surface area contributed by atoms with Gasteiger partial charge in [0.15, 0.2) is 0 Å². The van der Waals surface area contributed by atoms with Crippen molar-refractivity contribution < 1.29 is 0 Å². The molecule has 0 spiro atoms. The first-order valence-corrected chi connectivity index (χ1v) is 7.10. The smallest absolute Gasteiger partial charge is 0.0925 e. The second kappa shape index (κ2) is 4.84. The van der Waals surface area contributed by atoms with Gasteiger partial charge in [-0.3, -0.25) is 0 Å². The molecule has 1 atom stereocenters. The molecule has 1 N–H and O–H groups in total. The van der Waals surface area contributed by atoms with Crippen molar-refractivity contribution in [3.8, 4) is 0 Å². The largest absolute Gasteiger partial charge is 0.309 e. The Balaban J connectivity index is 1.87. The minimum atomic E-state index is 0.471. The lowest BCUT2D eigenvalue weighted by Gasteiger charge is -2.27. The Labute approximate surface area is 102 Å². The van der Waals surface area contributed by atoms with Crippen molar-refractivity contribution in [2.24, 2.45) is 5.41 Å². The summed E-state index contributed by atoms with van der Waals surface area (Å²) in [5.41, 5.74) is 0.471. The highest BCUT2D eigenvalue weighted by atomic mass is 32.1. The lowest BCUT2D eigenvalue weighted by molar-refractivity contribution is 0.283. The van der Waals surface area contributed by atoms with Gasteiger partial charge in [0.05, 0.1) is 5.01 Å². The molecular formula is C13H22N2S. The second-order valence-electron chi connectivity index (χ2n) is 5.39. The highest BCUT2D eigenvalue weighted by Crippen LogP contribution is 2.37. The fourth-order valence-electron chi connectivity index (χ4n) is 2.52. The average molecular weight is 238 g/mol. The molecule has 16 heavy (non-hydrogen) atoms. The van der Waals surface area contributed by atoms with E-state index in [1.807, 2.05) is 17.5 Å². The Morgan fingerprint density at radius 3 is 2.94 bits per heavy atom. The Morgan fingerprint density at radius 2 is 2.38 bits per heavy atom. The van der Waals surface area contributed by atoms with Crippen molar-refractivity contribution in [1.29, 1.82) is 0 Å². The molecule has 0 radical (unpaired) electrons. The molecule has 1 fully saturated rings. The van der Waals surface area contributed by atoms with Gasteiger partial charge in [-0.2, -0.15) is 0 Å². The minimum absolute atomic E-state index is 0.471. The van der Waals surface area contributed by atoms with Gasteiger partial charge in [0.1, 0.15) is 0 Å². The maximum atomic E-state index is 4.39. The van der Waals surface area contributed by atoms with Crippen LogP contribution in [-0.2, 0) is 13.0 Å². The van der Waals surface area contributed by atoms with Crippen LogP contribution < -0.4 is 5.32 Å². The van der Waals surface area contributed by atoms with Gasteiger partial charge in [-0.1, -0.05) is 27.2 Å². The van der Waals surface area contributed by atoms with Crippen molar-refractivity contribution in [2.75, 3.05) is 0 Å². The van der Waals surface area contributed by atoms with Crippen LogP contribution in [0.25, 0.3) is 0 Å². The van der Waals surface area contributed by atoms with Crippen molar-refractivity contribution in [3.63, 3.8) is 0 Å². The summed E-state index contributed by atoms with van der Waals surface area (Å²) in [5.74, 6) is 0. The number of aryl methyl sites for hydroxylation is 1. The van der Waals surface area contributed by atoms with Gasteiger partial charge in [-0.05, 0) is 24.7 Å². The molecule has 1 aliphatic rings. The van der Waals surface area contributed by atoms with Gasteiger partial charge in [0, 0.05) is 23.7 Å². The van der Waals surface area contributed by atoms with Gasteiger partial charge >= 0.3 is 0 Å². The zero-order valence-corrected chi connectivity index (χ0v) is 11.4. The maximum Gasteiger partial charge on any atom is 0.0925 e. The zero-order chi connectivity index (χ0) is 11.6. The molecule has 3 heteroatoms. The molecule has 0 saturated heterocycles. The number of nitrogens with zero attached hydrogens (tertiary/aromatic N) is 1. The Morgan fingerprint density at radius 1 is 1.56 bits per heavy atom. The first-order valence-electron chi connectivity index (χ1n) is 6.29. The highest BCUT2D eigenvalue weighted by molar-refractivity contribution is 7.11.